The minimum atomic E-state index is -2.39. The van der Waals surface area contributed by atoms with Gasteiger partial charge in [-0.1, -0.05) is 190 Å². The first-order valence-electron chi connectivity index (χ1n) is 54.2. The molecule has 3 saturated carbocycles. The number of furan rings is 4. The highest BCUT2D eigenvalue weighted by Crippen LogP contribution is 2.48. The van der Waals surface area contributed by atoms with Crippen molar-refractivity contribution in [3.8, 4) is 45.0 Å². The Bertz CT molecular complexity index is 8700. The lowest BCUT2D eigenvalue weighted by molar-refractivity contribution is -0.659. The van der Waals surface area contributed by atoms with E-state index in [0.29, 0.717) is 82.9 Å². The maximum atomic E-state index is 9.28. The lowest BCUT2D eigenvalue weighted by Gasteiger charge is -2.34. The fraction of sp³-hybridized carbons (Fsp3) is 0.284. The number of nitrogens with zero attached hydrogens (tertiary/aromatic N) is 5. The zero-order chi connectivity index (χ0) is 104. The van der Waals surface area contributed by atoms with Gasteiger partial charge in [0.15, 0.2) is 30.4 Å². The number of fused-ring (bicyclic) bond motifs is 16. The fourth-order valence-corrected chi connectivity index (χ4v) is 20.1. The molecule has 0 saturated heterocycles. The summed E-state index contributed by atoms with van der Waals surface area (Å²) in [5.41, 5.74) is 21.5. The molecule has 0 bridgehead atoms. The highest BCUT2D eigenvalue weighted by Gasteiger charge is 2.33. The quantitative estimate of drug-likeness (QED) is 0.149. The van der Waals surface area contributed by atoms with Crippen LogP contribution in [0, 0.1) is 74.2 Å². The summed E-state index contributed by atoms with van der Waals surface area (Å²) in [7, 11) is 7.41. The van der Waals surface area contributed by atoms with Gasteiger partial charge >= 0.3 is 0 Å². The molecule has 0 unspecified atom stereocenters. The molecule has 9 heterocycles. The fourth-order valence-electron chi connectivity index (χ4n) is 20.1. The molecule has 125 heavy (non-hydrogen) atoms. The zero-order valence-corrected chi connectivity index (χ0v) is 72.5. The van der Waals surface area contributed by atoms with E-state index in [1.165, 1.54) is 17.5 Å². The van der Waals surface area contributed by atoms with Gasteiger partial charge in [0.05, 0.1) is 33.2 Å². The number of benzene rings is 11. The minimum absolute atomic E-state index is 0.196. The molecule has 0 spiro atoms. The van der Waals surface area contributed by atoms with Crippen LogP contribution in [0.15, 0.2) is 249 Å². The van der Waals surface area contributed by atoms with E-state index in [2.05, 4.69) is 105 Å². The summed E-state index contributed by atoms with van der Waals surface area (Å²) in [5, 5.41) is 11.6. The molecule has 3 fully saturated rings. The van der Waals surface area contributed by atoms with E-state index >= 15 is 0 Å². The van der Waals surface area contributed by atoms with Crippen molar-refractivity contribution in [2.75, 3.05) is 0 Å². The van der Waals surface area contributed by atoms with Crippen LogP contribution < -0.4 is 18.3 Å². The molecule has 9 nitrogen and oxygen atoms in total. The average Bonchev–Trinajstić information content (AvgIpc) is 1.57. The van der Waals surface area contributed by atoms with Gasteiger partial charge in [0, 0.05) is 89.2 Å². The molecule has 0 radical (unpaired) electrons. The summed E-state index contributed by atoms with van der Waals surface area (Å²) in [6, 6.07) is 66.1. The molecule has 23 rings (SSSR count). The van der Waals surface area contributed by atoms with Crippen LogP contribution in [-0.2, 0) is 28.2 Å². The van der Waals surface area contributed by atoms with E-state index in [1.807, 2.05) is 106 Å². The third-order valence-electron chi connectivity index (χ3n) is 26.8. The molecule has 0 atom stereocenters. The predicted molar refractivity (Wildman–Crippen MR) is 519 cm³/mol. The van der Waals surface area contributed by atoms with E-state index in [4.69, 9.17) is 50.1 Å². The second-order valence-electron chi connectivity index (χ2n) is 36.0. The van der Waals surface area contributed by atoms with Gasteiger partial charge in [0.2, 0.25) is 22.3 Å². The first-order valence-corrected chi connectivity index (χ1v) is 43.7. The van der Waals surface area contributed by atoms with Crippen LogP contribution in [0.5, 0.6) is 0 Å². The largest absolute Gasteiger partial charge is 0.449 e. The van der Waals surface area contributed by atoms with Crippen LogP contribution in [0.2, 0.25) is 0 Å². The Morgan fingerprint density at radius 1 is 0.328 bits per heavy atom. The van der Waals surface area contributed by atoms with E-state index in [9.17, 15) is 1.37 Å². The smallest absolute Gasteiger partial charge is 0.256 e. The summed E-state index contributed by atoms with van der Waals surface area (Å²) in [6.45, 7) is -1.58. The van der Waals surface area contributed by atoms with Crippen LogP contribution >= 0.6 is 0 Å². The van der Waals surface area contributed by atoms with Gasteiger partial charge in [0.25, 0.3) is 22.8 Å². The predicted octanol–water partition coefficient (Wildman–Crippen LogP) is 29.8. The first kappa shape index (κ1) is 60.1. The van der Waals surface area contributed by atoms with E-state index < -0.39 is 58.8 Å². The Hall–Kier alpha value is -12.6. The molecule has 20 aromatic rings. The second-order valence-corrected chi connectivity index (χ2v) is 36.0. The first-order chi connectivity index (χ1) is 68.7. The number of hydrogen-bond acceptors (Lipinski definition) is 5. The van der Waals surface area contributed by atoms with Gasteiger partial charge in [-0.05, 0) is 287 Å². The van der Waals surface area contributed by atoms with Crippen LogP contribution in [0.25, 0.3) is 176 Å². The number of pyridine rings is 5. The van der Waals surface area contributed by atoms with Crippen LogP contribution in [0.1, 0.15) is 216 Å². The maximum absolute atomic E-state index is 9.28. The molecule has 3 aliphatic rings. The average molecular weight is 1660 g/mol. The van der Waals surface area contributed by atoms with Crippen LogP contribution in [0.3, 0.4) is 0 Å². The van der Waals surface area contributed by atoms with E-state index in [1.54, 1.807) is 108 Å². The van der Waals surface area contributed by atoms with Crippen molar-refractivity contribution in [3.63, 3.8) is 0 Å². The summed E-state index contributed by atoms with van der Waals surface area (Å²) < 4.78 is 206. The topological polar surface area (TPSA) is 81.0 Å². The Kier molecular flexibility index (Phi) is 15.5. The van der Waals surface area contributed by atoms with Crippen molar-refractivity contribution < 1.29 is 64.7 Å². The molecule has 0 aliphatic heterocycles. The van der Waals surface area contributed by atoms with Gasteiger partial charge in [0.1, 0.15) is 50.5 Å². The molecule has 3 aliphatic carbocycles. The standard InChI is InChI=1S/C33H36NO.C31H32NO.C30H30NO.C22H17N2O/c1-20-7-10-27(21(2)15-20)31-32-30(22(3)19-34(31)6)28-17-26-16-24(8-9-25(26)18-29(28)35-32)23-11-13-33(4,5)14-12-23;1-19-10-13-26(20(2)14-19)30-31-29(21(3)18-32(30)4)27-16-25-15-23(22-8-6-5-7-9-22)11-12-24(25)17-28(27)33-31;1-18-9-12-25(19(2)13-18)29-30-28(20(3)17-31(29)4)26-15-24-14-22(21-7-5-6-8-21)10-11-23(24)16-27(26)32-30;1-14-7-3-5-9-16(14)21-22-17(11-12-24(21)2)20-19(25-22)13-15-8-4-6-10-18(15)23-20/h7-10,15-19,23H,11-14H2,1-6H3;10-18,22H,5-9H2,1-4H3;9-17,21H,5-8H2,1-4H3;3-13H,1-2H3/q4*+1/i1D3,3D3,23D;1D3,3D3,22D;1D3,3D3,21D;. The van der Waals surface area contributed by atoms with Gasteiger partial charge in [-0.15, -0.1) is 0 Å². The number of aromatic nitrogens is 5. The van der Waals surface area contributed by atoms with Crippen molar-refractivity contribution in [1.29, 1.82) is 0 Å². The van der Waals surface area contributed by atoms with Crippen molar-refractivity contribution in [2.45, 2.75) is 184 Å². The highest BCUT2D eigenvalue weighted by atomic mass is 16.3. The van der Waals surface area contributed by atoms with Crippen molar-refractivity contribution in [1.82, 2.24) is 4.98 Å². The monoisotopic (exact) mass is 1660 g/mol. The summed E-state index contributed by atoms with van der Waals surface area (Å²) >= 11 is 0. The lowest BCUT2D eigenvalue weighted by atomic mass is 9.71. The van der Waals surface area contributed by atoms with Gasteiger partial charge in [-0.25, -0.2) is 4.98 Å². The van der Waals surface area contributed by atoms with Gasteiger partial charge in [-0.3, -0.25) is 0 Å². The molecular formula is C116H115N5O4+4. The molecule has 624 valence electrons. The molecule has 9 heteroatoms. The number of para-hydroxylation sites is 1. The second kappa shape index (κ2) is 32.2. The summed E-state index contributed by atoms with van der Waals surface area (Å²) in [4.78, 5) is 4.85. The Balaban J connectivity index is 0.000000120. The van der Waals surface area contributed by atoms with E-state index in [-0.39, 0.29) is 38.8 Å². The molecule has 9 aromatic heterocycles. The third kappa shape index (κ3) is 14.9. The Labute approximate surface area is 763 Å². The normalized spacial score (nSPS) is 18.6. The van der Waals surface area contributed by atoms with Crippen molar-refractivity contribution >= 4 is 131 Å². The van der Waals surface area contributed by atoms with Crippen LogP contribution in [0.4, 0.5) is 0 Å². The summed E-state index contributed by atoms with van der Waals surface area (Å²) in [5.74, 6) is -1.81. The Morgan fingerprint density at radius 2 is 0.712 bits per heavy atom. The lowest BCUT2D eigenvalue weighted by Crippen LogP contribution is -2.31. The number of hydrogen-bond donors (Lipinski definition) is 0. The third-order valence-corrected chi connectivity index (χ3v) is 26.8. The highest BCUT2D eigenvalue weighted by molar-refractivity contribution is 6.17. The molecule has 0 amide bonds. The number of aryl methyl sites for hydroxylation is 14. The van der Waals surface area contributed by atoms with Crippen LogP contribution in [-0.4, -0.2) is 4.98 Å². The van der Waals surface area contributed by atoms with Gasteiger partial charge < -0.3 is 17.7 Å². The number of rotatable bonds is 7. The minimum Gasteiger partial charge on any atom is -0.449 e. The van der Waals surface area contributed by atoms with E-state index in [0.717, 1.165) is 198 Å². The van der Waals surface area contributed by atoms with Crippen molar-refractivity contribution in [2.24, 2.45) is 33.6 Å². The van der Waals surface area contributed by atoms with Crippen molar-refractivity contribution in [3.05, 3.63) is 303 Å². The Morgan fingerprint density at radius 3 is 1.14 bits per heavy atom. The van der Waals surface area contributed by atoms with Gasteiger partial charge in [-0.2, -0.15) is 18.3 Å². The summed E-state index contributed by atoms with van der Waals surface area (Å²) in [6.07, 6.45) is 19.4. The molecule has 0 N–H and O–H groups in total. The zero-order valence-electron chi connectivity index (χ0n) is 93.5. The molecule has 11 aromatic carbocycles. The molecular weight excluding hydrogens is 1530 g/mol. The maximum Gasteiger partial charge on any atom is 0.256 e. The SMILES string of the molecule is Cc1ccccc1-c1c2oc3cc4ccccc4nc3c2cc[n+]1C.[2H]C([2H])([2H])c1ccc(-c2c3oc4cc5ccc(C6([2H])CCC(C)(C)CC6)cc5cc4c3c(C([2H])([2H])[2H])c[n+]2C)c(C)c1.[2H]C([2H])([2H])c1ccc(-c2c3oc4cc5ccc(C6([2H])CCCC6)cc5cc4c3c(C([2H])([2H])[2H])c[n+]2C)c(C)c1.[2H]C([2H])([2H])c1ccc(-c2c3oc4cc5ccc(C6([2H])CCCCC6)cc5cc4c3c(C([2H])([2H])[2H])c[n+]2C)c(C)c1.